The lowest BCUT2D eigenvalue weighted by Gasteiger charge is -2.25. The summed E-state index contributed by atoms with van der Waals surface area (Å²) in [6, 6.07) is 0. The van der Waals surface area contributed by atoms with Crippen LogP contribution in [0.1, 0.15) is 52.4 Å². The lowest BCUT2D eigenvalue weighted by molar-refractivity contribution is -0.144. The van der Waals surface area contributed by atoms with Crippen LogP contribution in [0.15, 0.2) is 0 Å². The molecule has 0 bridgehead atoms. The molecule has 0 N–H and O–H groups in total. The summed E-state index contributed by atoms with van der Waals surface area (Å²) < 4.78 is 4.80. The Kier molecular flexibility index (Phi) is 7.40. The Bertz CT molecular complexity index is 278. The second kappa shape index (κ2) is 8.57. The van der Waals surface area contributed by atoms with Crippen LogP contribution in [-0.4, -0.2) is 29.4 Å². The maximum Gasteiger partial charge on any atom is 0.306 e. The first kappa shape index (κ1) is 15.5. The lowest BCUT2D eigenvalue weighted by atomic mass is 9.91. The molecule has 2 unspecified atom stereocenters. The van der Waals surface area contributed by atoms with E-state index in [1.807, 2.05) is 0 Å². The molecule has 104 valence electrons. The Morgan fingerprint density at radius 1 is 1.28 bits per heavy atom. The summed E-state index contributed by atoms with van der Waals surface area (Å²) in [5.74, 6) is 1.26. The van der Waals surface area contributed by atoms with Gasteiger partial charge >= 0.3 is 5.97 Å². The van der Waals surface area contributed by atoms with E-state index in [0.29, 0.717) is 24.0 Å². The molecule has 0 aliphatic heterocycles. The number of ketones is 1. The third-order valence-corrected chi connectivity index (χ3v) is 4.67. The van der Waals surface area contributed by atoms with E-state index in [0.717, 1.165) is 5.92 Å². The van der Waals surface area contributed by atoms with Crippen molar-refractivity contribution in [3.05, 3.63) is 0 Å². The SMILES string of the molecule is CCOC(=O)CCC(=O)CSC1CCCC(C)C1. The van der Waals surface area contributed by atoms with Crippen LogP contribution in [0.4, 0.5) is 0 Å². The smallest absolute Gasteiger partial charge is 0.306 e. The number of hydrogen-bond acceptors (Lipinski definition) is 4. The van der Waals surface area contributed by atoms with Crippen LogP contribution in [0.5, 0.6) is 0 Å². The van der Waals surface area contributed by atoms with Gasteiger partial charge in [0.25, 0.3) is 0 Å². The Morgan fingerprint density at radius 2 is 2.06 bits per heavy atom. The van der Waals surface area contributed by atoms with Gasteiger partial charge in [-0.15, -0.1) is 0 Å². The molecule has 3 nitrogen and oxygen atoms in total. The highest BCUT2D eigenvalue weighted by molar-refractivity contribution is 8.00. The van der Waals surface area contributed by atoms with Gasteiger partial charge in [0.2, 0.25) is 0 Å². The van der Waals surface area contributed by atoms with Crippen LogP contribution in [0.2, 0.25) is 0 Å². The molecule has 0 aromatic heterocycles. The molecule has 4 heteroatoms. The maximum absolute atomic E-state index is 11.6. The number of ether oxygens (including phenoxy) is 1. The van der Waals surface area contributed by atoms with Crippen LogP contribution in [0.25, 0.3) is 0 Å². The van der Waals surface area contributed by atoms with E-state index < -0.39 is 0 Å². The fraction of sp³-hybridized carbons (Fsp3) is 0.857. The zero-order valence-electron chi connectivity index (χ0n) is 11.4. The third kappa shape index (κ3) is 6.43. The van der Waals surface area contributed by atoms with E-state index in [-0.39, 0.29) is 18.2 Å². The average molecular weight is 272 g/mol. The Hall–Kier alpha value is -0.510. The number of carbonyl (C=O) groups is 2. The number of rotatable bonds is 7. The van der Waals surface area contributed by atoms with Crippen LogP contribution >= 0.6 is 11.8 Å². The van der Waals surface area contributed by atoms with Gasteiger partial charge in [-0.1, -0.05) is 19.8 Å². The van der Waals surface area contributed by atoms with Gasteiger partial charge in [0.05, 0.1) is 18.8 Å². The standard InChI is InChI=1S/C14H24O3S/c1-3-17-14(16)8-7-12(15)10-18-13-6-4-5-11(2)9-13/h11,13H,3-10H2,1-2H3. The van der Waals surface area contributed by atoms with Gasteiger partial charge < -0.3 is 4.74 Å². The topological polar surface area (TPSA) is 43.4 Å². The van der Waals surface area contributed by atoms with Gasteiger partial charge in [0, 0.05) is 11.7 Å². The van der Waals surface area contributed by atoms with Crippen LogP contribution in [0.3, 0.4) is 0 Å². The summed E-state index contributed by atoms with van der Waals surface area (Å²) in [6.45, 7) is 4.46. The van der Waals surface area contributed by atoms with Crippen molar-refractivity contribution in [1.82, 2.24) is 0 Å². The molecule has 0 aromatic carbocycles. The zero-order valence-corrected chi connectivity index (χ0v) is 12.3. The Labute approximate surface area is 114 Å². The van der Waals surface area contributed by atoms with Crippen molar-refractivity contribution in [2.75, 3.05) is 12.4 Å². The summed E-state index contributed by atoms with van der Waals surface area (Å²) in [4.78, 5) is 22.8. The van der Waals surface area contributed by atoms with E-state index in [4.69, 9.17) is 4.74 Å². The molecule has 18 heavy (non-hydrogen) atoms. The summed E-state index contributed by atoms with van der Waals surface area (Å²) >= 11 is 1.77. The second-order valence-electron chi connectivity index (χ2n) is 5.05. The van der Waals surface area contributed by atoms with Crippen molar-refractivity contribution < 1.29 is 14.3 Å². The van der Waals surface area contributed by atoms with E-state index in [2.05, 4.69) is 6.92 Å². The lowest BCUT2D eigenvalue weighted by Crippen LogP contribution is -2.17. The average Bonchev–Trinajstić information content (AvgIpc) is 2.34. The van der Waals surface area contributed by atoms with E-state index in [9.17, 15) is 9.59 Å². The predicted molar refractivity (Wildman–Crippen MR) is 74.8 cm³/mol. The van der Waals surface area contributed by atoms with Gasteiger partial charge in [0.1, 0.15) is 5.78 Å². The van der Waals surface area contributed by atoms with Crippen molar-refractivity contribution in [2.24, 2.45) is 5.92 Å². The fourth-order valence-corrected chi connectivity index (χ4v) is 3.65. The highest BCUT2D eigenvalue weighted by Gasteiger charge is 2.20. The number of Topliss-reactive ketones (excluding diaryl/α,β-unsaturated/α-hetero) is 1. The highest BCUT2D eigenvalue weighted by atomic mass is 32.2. The number of thioether (sulfide) groups is 1. The zero-order chi connectivity index (χ0) is 13.4. The summed E-state index contributed by atoms with van der Waals surface area (Å²) in [5, 5.41) is 0.639. The fourth-order valence-electron chi connectivity index (χ4n) is 2.29. The van der Waals surface area contributed by atoms with Crippen molar-refractivity contribution in [2.45, 2.75) is 57.6 Å². The highest BCUT2D eigenvalue weighted by Crippen LogP contribution is 2.31. The molecule has 1 rings (SSSR count). The van der Waals surface area contributed by atoms with E-state index >= 15 is 0 Å². The minimum Gasteiger partial charge on any atom is -0.466 e. The molecule has 1 saturated carbocycles. The first-order chi connectivity index (χ1) is 8.61. The third-order valence-electron chi connectivity index (χ3n) is 3.28. The van der Waals surface area contributed by atoms with Gasteiger partial charge in [-0.2, -0.15) is 11.8 Å². The first-order valence-electron chi connectivity index (χ1n) is 6.90. The summed E-state index contributed by atoms with van der Waals surface area (Å²) in [6.07, 6.45) is 5.64. The molecule has 0 radical (unpaired) electrons. The van der Waals surface area contributed by atoms with Crippen LogP contribution < -0.4 is 0 Å². The van der Waals surface area contributed by atoms with Gasteiger partial charge in [-0.3, -0.25) is 9.59 Å². The molecule has 0 heterocycles. The molecule has 1 aliphatic rings. The molecule has 0 aromatic rings. The number of hydrogen-bond donors (Lipinski definition) is 0. The molecular weight excluding hydrogens is 248 g/mol. The minimum atomic E-state index is -0.262. The van der Waals surface area contributed by atoms with Crippen molar-refractivity contribution in [1.29, 1.82) is 0 Å². The van der Waals surface area contributed by atoms with E-state index in [1.54, 1.807) is 18.7 Å². The van der Waals surface area contributed by atoms with Crippen LogP contribution in [0, 0.1) is 5.92 Å². The van der Waals surface area contributed by atoms with Crippen molar-refractivity contribution >= 4 is 23.5 Å². The molecule has 0 saturated heterocycles. The monoisotopic (exact) mass is 272 g/mol. The first-order valence-corrected chi connectivity index (χ1v) is 7.95. The molecular formula is C14H24O3S. The molecule has 1 aliphatic carbocycles. The molecule has 1 fully saturated rings. The predicted octanol–water partition coefficient (Wildman–Crippen LogP) is 3.21. The number of carbonyl (C=O) groups excluding carboxylic acids is 2. The molecule has 2 atom stereocenters. The maximum atomic E-state index is 11.6. The minimum absolute atomic E-state index is 0.172. The number of esters is 1. The largest absolute Gasteiger partial charge is 0.466 e. The van der Waals surface area contributed by atoms with E-state index in [1.165, 1.54) is 25.7 Å². The second-order valence-corrected chi connectivity index (χ2v) is 6.34. The van der Waals surface area contributed by atoms with Crippen molar-refractivity contribution in [3.8, 4) is 0 Å². The Morgan fingerprint density at radius 3 is 2.72 bits per heavy atom. The van der Waals surface area contributed by atoms with Gasteiger partial charge in [0.15, 0.2) is 0 Å². The summed E-state index contributed by atoms with van der Waals surface area (Å²) in [5.41, 5.74) is 0. The Balaban J connectivity index is 2.11. The van der Waals surface area contributed by atoms with Crippen molar-refractivity contribution in [3.63, 3.8) is 0 Å². The quantitative estimate of drug-likeness (QED) is 0.667. The molecule has 0 spiro atoms. The summed E-state index contributed by atoms with van der Waals surface area (Å²) in [7, 11) is 0. The van der Waals surface area contributed by atoms with Crippen LogP contribution in [-0.2, 0) is 14.3 Å². The van der Waals surface area contributed by atoms with Gasteiger partial charge in [-0.05, 0) is 25.7 Å². The molecule has 0 amide bonds. The normalized spacial score (nSPS) is 23.7. The van der Waals surface area contributed by atoms with Gasteiger partial charge in [-0.25, -0.2) is 0 Å².